The van der Waals surface area contributed by atoms with Crippen molar-refractivity contribution in [2.24, 2.45) is 4.99 Å². The van der Waals surface area contributed by atoms with E-state index in [1.165, 1.54) is 18.2 Å². The molecule has 0 radical (unpaired) electrons. The maximum absolute atomic E-state index is 13.6. The van der Waals surface area contributed by atoms with Crippen molar-refractivity contribution in [3.05, 3.63) is 59.4 Å². The van der Waals surface area contributed by atoms with E-state index >= 15 is 0 Å². The van der Waals surface area contributed by atoms with E-state index in [0.29, 0.717) is 18.1 Å². The average Bonchev–Trinajstić information content (AvgIpc) is 2.68. The molecule has 0 fully saturated rings. The topological polar surface area (TPSA) is 83.0 Å². The smallest absolute Gasteiger partial charge is 0.234 e. The molecule has 0 unspecified atom stereocenters. The highest BCUT2D eigenvalue weighted by molar-refractivity contribution is 14.0. The van der Waals surface area contributed by atoms with Crippen LogP contribution in [0.15, 0.2) is 47.5 Å². The summed E-state index contributed by atoms with van der Waals surface area (Å²) in [4.78, 5) is 6.06. The van der Waals surface area contributed by atoms with Crippen molar-refractivity contribution in [3.8, 4) is 5.75 Å². The Bertz CT molecular complexity index is 970. The van der Waals surface area contributed by atoms with Crippen molar-refractivity contribution < 1.29 is 17.5 Å². The molecule has 0 saturated carbocycles. The van der Waals surface area contributed by atoms with Gasteiger partial charge < -0.3 is 15.0 Å². The number of para-hydroxylation sites is 1. The SMILES string of the molecule is CN=C(NCCS(=O)(=O)Nc1ccc(C)c(F)c1)N(C)Cc1ccccc1OC.I. The summed E-state index contributed by atoms with van der Waals surface area (Å²) in [5, 5.41) is 3.03. The van der Waals surface area contributed by atoms with Crippen LogP contribution in [-0.2, 0) is 16.6 Å². The standard InChI is InChI=1S/C20H27FN4O3S.HI/c1-15-9-10-17(13-18(15)21)24-29(26,27)12-11-23-20(22-2)25(3)14-16-7-5-6-8-19(16)28-4;/h5-10,13,24H,11-12,14H2,1-4H3,(H,22,23);1H. The largest absolute Gasteiger partial charge is 0.496 e. The minimum Gasteiger partial charge on any atom is -0.496 e. The van der Waals surface area contributed by atoms with Crippen molar-refractivity contribution in [3.63, 3.8) is 0 Å². The predicted molar refractivity (Wildman–Crippen MR) is 130 cm³/mol. The van der Waals surface area contributed by atoms with Gasteiger partial charge in [-0.2, -0.15) is 0 Å². The molecule has 0 amide bonds. The number of anilines is 1. The number of sulfonamides is 1. The highest BCUT2D eigenvalue weighted by Gasteiger charge is 2.14. The first-order chi connectivity index (χ1) is 13.8. The van der Waals surface area contributed by atoms with Gasteiger partial charge in [0, 0.05) is 32.7 Å². The van der Waals surface area contributed by atoms with Crippen molar-refractivity contribution in [1.82, 2.24) is 10.2 Å². The zero-order valence-electron chi connectivity index (χ0n) is 17.5. The van der Waals surface area contributed by atoms with Gasteiger partial charge in [-0.1, -0.05) is 24.3 Å². The number of hydrogen-bond donors (Lipinski definition) is 2. The molecule has 0 atom stereocenters. The van der Waals surface area contributed by atoms with Crippen molar-refractivity contribution in [2.75, 3.05) is 38.2 Å². The molecule has 2 rings (SSSR count). The highest BCUT2D eigenvalue weighted by atomic mass is 127. The Morgan fingerprint density at radius 3 is 2.57 bits per heavy atom. The molecule has 0 saturated heterocycles. The second-order valence-corrected chi connectivity index (χ2v) is 8.37. The fourth-order valence-electron chi connectivity index (χ4n) is 2.73. The number of nitrogens with zero attached hydrogens (tertiary/aromatic N) is 2. The van der Waals surface area contributed by atoms with Crippen LogP contribution in [0.3, 0.4) is 0 Å². The van der Waals surface area contributed by atoms with Gasteiger partial charge >= 0.3 is 0 Å². The zero-order chi connectivity index (χ0) is 21.4. The second-order valence-electron chi connectivity index (χ2n) is 6.53. The van der Waals surface area contributed by atoms with E-state index in [1.807, 2.05) is 36.2 Å². The van der Waals surface area contributed by atoms with E-state index in [1.54, 1.807) is 21.1 Å². The van der Waals surface area contributed by atoms with Gasteiger partial charge in [-0.15, -0.1) is 24.0 Å². The fourth-order valence-corrected chi connectivity index (χ4v) is 3.69. The molecule has 2 aromatic rings. The quantitative estimate of drug-likeness (QED) is 0.300. The molecule has 7 nitrogen and oxygen atoms in total. The number of guanidine groups is 1. The minimum absolute atomic E-state index is 0. The van der Waals surface area contributed by atoms with Crippen LogP contribution in [-0.4, -0.2) is 52.8 Å². The van der Waals surface area contributed by atoms with Crippen LogP contribution in [0.4, 0.5) is 10.1 Å². The fraction of sp³-hybridized carbons (Fsp3) is 0.350. The molecule has 2 aromatic carbocycles. The number of hydrogen-bond acceptors (Lipinski definition) is 4. The predicted octanol–water partition coefficient (Wildman–Crippen LogP) is 3.21. The highest BCUT2D eigenvalue weighted by Crippen LogP contribution is 2.18. The monoisotopic (exact) mass is 550 g/mol. The summed E-state index contributed by atoms with van der Waals surface area (Å²) in [6.45, 7) is 2.30. The van der Waals surface area contributed by atoms with Gasteiger partial charge in [-0.3, -0.25) is 9.71 Å². The number of halogens is 2. The third kappa shape index (κ3) is 7.63. The number of benzene rings is 2. The van der Waals surface area contributed by atoms with Crippen molar-refractivity contribution in [2.45, 2.75) is 13.5 Å². The lowest BCUT2D eigenvalue weighted by atomic mass is 10.2. The van der Waals surface area contributed by atoms with Gasteiger partial charge in [-0.05, 0) is 30.7 Å². The summed E-state index contributed by atoms with van der Waals surface area (Å²) in [5.41, 5.74) is 1.64. The van der Waals surface area contributed by atoms with Crippen molar-refractivity contribution in [1.29, 1.82) is 0 Å². The van der Waals surface area contributed by atoms with E-state index < -0.39 is 15.8 Å². The van der Waals surface area contributed by atoms with Gasteiger partial charge in [0.25, 0.3) is 0 Å². The van der Waals surface area contributed by atoms with Crippen LogP contribution in [0.1, 0.15) is 11.1 Å². The molecule has 0 heterocycles. The summed E-state index contributed by atoms with van der Waals surface area (Å²) in [5.74, 6) is 0.672. The summed E-state index contributed by atoms with van der Waals surface area (Å²) < 4.78 is 45.9. The molecule has 0 bridgehead atoms. The molecule has 0 aliphatic rings. The summed E-state index contributed by atoms with van der Waals surface area (Å²) in [6.07, 6.45) is 0. The van der Waals surface area contributed by atoms with Crippen LogP contribution in [0.25, 0.3) is 0 Å². The van der Waals surface area contributed by atoms with E-state index in [4.69, 9.17) is 4.74 Å². The van der Waals surface area contributed by atoms with E-state index in [9.17, 15) is 12.8 Å². The molecular formula is C20H28FIN4O3S. The molecule has 166 valence electrons. The first kappa shape index (κ1) is 26.0. The third-order valence-corrected chi connectivity index (χ3v) is 5.56. The van der Waals surface area contributed by atoms with Gasteiger partial charge in [0.1, 0.15) is 11.6 Å². The summed E-state index contributed by atoms with van der Waals surface area (Å²) in [7, 11) is 1.46. The second kappa shape index (κ2) is 11.9. The Morgan fingerprint density at radius 1 is 1.23 bits per heavy atom. The van der Waals surface area contributed by atoms with E-state index in [0.717, 1.165) is 11.3 Å². The number of rotatable bonds is 8. The minimum atomic E-state index is -3.64. The molecule has 2 N–H and O–H groups in total. The lowest BCUT2D eigenvalue weighted by Gasteiger charge is -2.23. The van der Waals surface area contributed by atoms with Gasteiger partial charge in [-0.25, -0.2) is 12.8 Å². The molecule has 0 aliphatic heterocycles. The number of ether oxygens (including phenoxy) is 1. The summed E-state index contributed by atoms with van der Waals surface area (Å²) in [6, 6.07) is 11.9. The Kier molecular flexibility index (Phi) is 10.3. The van der Waals surface area contributed by atoms with Gasteiger partial charge in [0.15, 0.2) is 5.96 Å². The van der Waals surface area contributed by atoms with Crippen LogP contribution in [0.2, 0.25) is 0 Å². The first-order valence-electron chi connectivity index (χ1n) is 9.06. The lowest BCUT2D eigenvalue weighted by Crippen LogP contribution is -2.41. The lowest BCUT2D eigenvalue weighted by molar-refractivity contribution is 0.396. The van der Waals surface area contributed by atoms with E-state index in [2.05, 4.69) is 15.0 Å². The van der Waals surface area contributed by atoms with Crippen LogP contribution >= 0.6 is 24.0 Å². The third-order valence-electron chi connectivity index (χ3n) is 4.27. The number of aryl methyl sites for hydroxylation is 1. The maximum Gasteiger partial charge on any atom is 0.234 e. The molecule has 10 heteroatoms. The first-order valence-corrected chi connectivity index (χ1v) is 10.7. The molecule has 0 aliphatic carbocycles. The number of methoxy groups -OCH3 is 1. The van der Waals surface area contributed by atoms with Crippen molar-refractivity contribution >= 4 is 45.6 Å². The molecule has 0 spiro atoms. The Balaban J connectivity index is 0.00000450. The van der Waals surface area contributed by atoms with Gasteiger partial charge in [0.05, 0.1) is 18.6 Å². The van der Waals surface area contributed by atoms with Gasteiger partial charge in [0.2, 0.25) is 10.0 Å². The maximum atomic E-state index is 13.6. The summed E-state index contributed by atoms with van der Waals surface area (Å²) >= 11 is 0. The van der Waals surface area contributed by atoms with Crippen LogP contribution in [0, 0.1) is 12.7 Å². The zero-order valence-corrected chi connectivity index (χ0v) is 20.6. The Morgan fingerprint density at radius 2 is 1.93 bits per heavy atom. The van der Waals surface area contributed by atoms with Crippen LogP contribution in [0.5, 0.6) is 5.75 Å². The van der Waals surface area contributed by atoms with Crippen LogP contribution < -0.4 is 14.8 Å². The number of nitrogens with one attached hydrogen (secondary N) is 2. The number of aliphatic imine (C=N–C) groups is 1. The Labute approximate surface area is 194 Å². The normalized spacial score (nSPS) is 11.4. The Hall–Kier alpha value is -2.08. The average molecular weight is 550 g/mol. The molecule has 0 aromatic heterocycles. The molecular weight excluding hydrogens is 522 g/mol. The van der Waals surface area contributed by atoms with E-state index in [-0.39, 0.29) is 42.0 Å². The molecule has 30 heavy (non-hydrogen) atoms.